The molecule has 0 aliphatic rings. The molecule has 0 bridgehead atoms. The van der Waals surface area contributed by atoms with Crippen LogP contribution in [0.3, 0.4) is 0 Å². The molecule has 0 radical (unpaired) electrons. The number of nitrogens with one attached hydrogen (secondary N) is 2. The highest BCUT2D eigenvalue weighted by Crippen LogP contribution is 2.29. The number of methoxy groups -OCH3 is 1. The van der Waals surface area contributed by atoms with E-state index >= 15 is 0 Å². The normalized spacial score (nSPS) is 11.0. The maximum atomic E-state index is 12.5. The maximum Gasteiger partial charge on any atom is 0.261 e. The monoisotopic (exact) mass is 450 g/mol. The minimum absolute atomic E-state index is 0.0879. The van der Waals surface area contributed by atoms with Crippen LogP contribution in [0, 0.1) is 0 Å². The molecule has 0 unspecified atom stereocenters. The average Bonchev–Trinajstić information content (AvgIpc) is 2.70. The molecule has 0 aromatic heterocycles. The number of rotatable bonds is 6. The van der Waals surface area contributed by atoms with Crippen LogP contribution >= 0.6 is 23.2 Å². The van der Waals surface area contributed by atoms with Crippen molar-refractivity contribution < 1.29 is 17.9 Å². The number of carbonyl (C=O) groups excluding carboxylic acids is 1. The van der Waals surface area contributed by atoms with Gasteiger partial charge >= 0.3 is 0 Å². The van der Waals surface area contributed by atoms with E-state index in [1.807, 2.05) is 0 Å². The summed E-state index contributed by atoms with van der Waals surface area (Å²) >= 11 is 12.2. The molecule has 0 atom stereocenters. The van der Waals surface area contributed by atoms with Crippen LogP contribution in [0.4, 0.5) is 11.4 Å². The van der Waals surface area contributed by atoms with Crippen molar-refractivity contribution in [2.75, 3.05) is 17.1 Å². The van der Waals surface area contributed by atoms with Gasteiger partial charge in [0.15, 0.2) is 0 Å². The van der Waals surface area contributed by atoms with E-state index in [9.17, 15) is 13.2 Å². The number of halogens is 2. The van der Waals surface area contributed by atoms with Crippen molar-refractivity contribution in [1.29, 1.82) is 0 Å². The van der Waals surface area contributed by atoms with Gasteiger partial charge in [-0.1, -0.05) is 41.4 Å². The zero-order chi connectivity index (χ0) is 21.0. The van der Waals surface area contributed by atoms with E-state index < -0.39 is 15.9 Å². The first kappa shape index (κ1) is 21.0. The third-order valence-electron chi connectivity index (χ3n) is 3.94. The van der Waals surface area contributed by atoms with Crippen LogP contribution in [0.5, 0.6) is 5.75 Å². The molecule has 3 rings (SSSR count). The van der Waals surface area contributed by atoms with Gasteiger partial charge in [0.1, 0.15) is 5.75 Å². The van der Waals surface area contributed by atoms with Gasteiger partial charge in [-0.15, -0.1) is 0 Å². The van der Waals surface area contributed by atoms with E-state index in [0.717, 1.165) is 0 Å². The fraction of sp³-hybridized carbons (Fsp3) is 0.0500. The summed E-state index contributed by atoms with van der Waals surface area (Å²) in [6.07, 6.45) is 0. The van der Waals surface area contributed by atoms with E-state index in [1.165, 1.54) is 37.4 Å². The van der Waals surface area contributed by atoms with Crippen molar-refractivity contribution in [2.45, 2.75) is 4.90 Å². The molecule has 29 heavy (non-hydrogen) atoms. The lowest BCUT2D eigenvalue weighted by Crippen LogP contribution is -2.14. The molecule has 0 spiro atoms. The number of hydrogen-bond acceptors (Lipinski definition) is 4. The van der Waals surface area contributed by atoms with Crippen molar-refractivity contribution in [3.8, 4) is 5.75 Å². The summed E-state index contributed by atoms with van der Waals surface area (Å²) < 4.78 is 32.3. The molecule has 1 amide bonds. The Hall–Kier alpha value is -2.74. The first-order chi connectivity index (χ1) is 13.8. The highest BCUT2D eigenvalue weighted by atomic mass is 35.5. The molecule has 0 saturated heterocycles. The first-order valence-electron chi connectivity index (χ1n) is 8.32. The quantitative estimate of drug-likeness (QED) is 0.549. The minimum atomic E-state index is -3.79. The molecule has 3 aromatic rings. The van der Waals surface area contributed by atoms with Crippen LogP contribution in [0.25, 0.3) is 0 Å². The van der Waals surface area contributed by atoms with E-state index in [2.05, 4.69) is 10.0 Å². The summed E-state index contributed by atoms with van der Waals surface area (Å²) in [6, 6.07) is 17.0. The predicted octanol–water partition coefficient (Wildman–Crippen LogP) is 5.06. The lowest BCUT2D eigenvalue weighted by atomic mass is 10.2. The van der Waals surface area contributed by atoms with Crippen LogP contribution in [0.15, 0.2) is 71.6 Å². The number of anilines is 2. The minimum Gasteiger partial charge on any atom is -0.495 e. The van der Waals surface area contributed by atoms with Gasteiger partial charge in [-0.25, -0.2) is 8.42 Å². The fourth-order valence-electron chi connectivity index (χ4n) is 2.49. The molecule has 0 heterocycles. The second-order valence-corrected chi connectivity index (χ2v) is 8.41. The number of amides is 1. The lowest BCUT2D eigenvalue weighted by Gasteiger charge is -2.12. The molecular weight excluding hydrogens is 435 g/mol. The molecule has 150 valence electrons. The molecule has 0 aliphatic carbocycles. The van der Waals surface area contributed by atoms with Crippen LogP contribution < -0.4 is 14.8 Å². The smallest absolute Gasteiger partial charge is 0.261 e. The number of benzene rings is 3. The first-order valence-corrected chi connectivity index (χ1v) is 10.6. The van der Waals surface area contributed by atoms with Gasteiger partial charge in [-0.2, -0.15) is 0 Å². The average molecular weight is 451 g/mol. The van der Waals surface area contributed by atoms with Crippen LogP contribution in [0.1, 0.15) is 10.4 Å². The van der Waals surface area contributed by atoms with Crippen molar-refractivity contribution in [2.24, 2.45) is 0 Å². The van der Waals surface area contributed by atoms with Crippen molar-refractivity contribution in [3.63, 3.8) is 0 Å². The Bertz CT molecular complexity index is 1150. The maximum absolute atomic E-state index is 12.5. The van der Waals surface area contributed by atoms with E-state index in [4.69, 9.17) is 27.9 Å². The van der Waals surface area contributed by atoms with E-state index in [-0.39, 0.29) is 21.2 Å². The molecule has 6 nitrogen and oxygen atoms in total. The van der Waals surface area contributed by atoms with Gasteiger partial charge in [0.05, 0.1) is 27.7 Å². The zero-order valence-electron chi connectivity index (χ0n) is 15.1. The Morgan fingerprint density at radius 3 is 2.28 bits per heavy atom. The van der Waals surface area contributed by atoms with Gasteiger partial charge in [-0.3, -0.25) is 9.52 Å². The van der Waals surface area contributed by atoms with Gasteiger partial charge in [-0.05, 0) is 48.5 Å². The molecule has 2 N–H and O–H groups in total. The molecule has 0 fully saturated rings. The third kappa shape index (κ3) is 5.00. The Balaban J connectivity index is 1.77. The van der Waals surface area contributed by atoms with Gasteiger partial charge in [0.2, 0.25) is 0 Å². The standard InChI is InChI=1S/C20H16Cl2N2O4S/c1-28-19-10-8-14(12-17(19)22)23-20(25)13-7-9-18(16(21)11-13)24-29(26,27)15-5-3-2-4-6-15/h2-12,24H,1H3,(H,23,25). The third-order valence-corrected chi connectivity index (χ3v) is 5.93. The topological polar surface area (TPSA) is 84.5 Å². The van der Waals surface area contributed by atoms with Crippen molar-refractivity contribution >= 4 is 50.5 Å². The number of carbonyl (C=O) groups is 1. The van der Waals surface area contributed by atoms with Gasteiger partial charge in [0, 0.05) is 11.3 Å². The Morgan fingerprint density at radius 2 is 1.66 bits per heavy atom. The summed E-state index contributed by atoms with van der Waals surface area (Å²) in [5, 5.41) is 3.14. The highest BCUT2D eigenvalue weighted by Gasteiger charge is 2.17. The van der Waals surface area contributed by atoms with Crippen LogP contribution in [-0.4, -0.2) is 21.4 Å². The highest BCUT2D eigenvalue weighted by molar-refractivity contribution is 7.92. The summed E-state index contributed by atoms with van der Waals surface area (Å²) in [6.45, 7) is 0. The number of sulfonamides is 1. The largest absolute Gasteiger partial charge is 0.495 e. The fourth-order valence-corrected chi connectivity index (χ4v) is 4.13. The second-order valence-electron chi connectivity index (χ2n) is 5.92. The summed E-state index contributed by atoms with van der Waals surface area (Å²) in [5.74, 6) is 0.0633. The Kier molecular flexibility index (Phi) is 6.32. The number of ether oxygens (including phenoxy) is 1. The van der Waals surface area contributed by atoms with Gasteiger partial charge in [0.25, 0.3) is 15.9 Å². The Morgan fingerprint density at radius 1 is 0.931 bits per heavy atom. The molecular formula is C20H16Cl2N2O4S. The lowest BCUT2D eigenvalue weighted by molar-refractivity contribution is 0.102. The molecule has 0 aliphatic heterocycles. The van der Waals surface area contributed by atoms with Crippen LogP contribution in [0.2, 0.25) is 10.0 Å². The number of hydrogen-bond donors (Lipinski definition) is 2. The zero-order valence-corrected chi connectivity index (χ0v) is 17.5. The summed E-state index contributed by atoms with van der Waals surface area (Å²) in [4.78, 5) is 12.6. The van der Waals surface area contributed by atoms with Crippen molar-refractivity contribution in [3.05, 3.63) is 82.3 Å². The van der Waals surface area contributed by atoms with E-state index in [1.54, 1.807) is 36.4 Å². The summed E-state index contributed by atoms with van der Waals surface area (Å²) in [5.41, 5.74) is 0.898. The molecule has 3 aromatic carbocycles. The van der Waals surface area contributed by atoms with Gasteiger partial charge < -0.3 is 10.1 Å². The van der Waals surface area contributed by atoms with Crippen LogP contribution in [-0.2, 0) is 10.0 Å². The molecule has 0 saturated carbocycles. The van der Waals surface area contributed by atoms with Crippen molar-refractivity contribution in [1.82, 2.24) is 0 Å². The summed E-state index contributed by atoms with van der Waals surface area (Å²) in [7, 11) is -2.30. The second kappa shape index (κ2) is 8.73. The Labute approximate surface area is 178 Å². The SMILES string of the molecule is COc1ccc(NC(=O)c2ccc(NS(=O)(=O)c3ccccc3)c(Cl)c2)cc1Cl. The van der Waals surface area contributed by atoms with E-state index in [0.29, 0.717) is 16.5 Å². The predicted molar refractivity (Wildman–Crippen MR) is 115 cm³/mol. The molecule has 9 heteroatoms.